The molecule has 1 fully saturated rings. The molecule has 1 N–H and O–H groups in total. The second kappa shape index (κ2) is 3.65. The zero-order valence-electron chi connectivity index (χ0n) is 8.95. The van der Waals surface area contributed by atoms with Crippen LogP contribution in [0.25, 0.3) is 5.82 Å². The summed E-state index contributed by atoms with van der Waals surface area (Å²) in [4.78, 5) is 18.8. The SMILES string of the molecule is O=C(O)c1nccnc1-n1ccc(C2CC2)n1. The minimum Gasteiger partial charge on any atom is -0.476 e. The summed E-state index contributed by atoms with van der Waals surface area (Å²) in [6, 6.07) is 1.90. The zero-order chi connectivity index (χ0) is 11.8. The van der Waals surface area contributed by atoms with Crippen LogP contribution in [0.5, 0.6) is 0 Å². The molecule has 0 radical (unpaired) electrons. The molecular weight excluding hydrogens is 220 g/mol. The summed E-state index contributed by atoms with van der Waals surface area (Å²) in [6.45, 7) is 0. The molecule has 86 valence electrons. The Morgan fingerprint density at radius 2 is 2.12 bits per heavy atom. The fraction of sp³-hybridized carbons (Fsp3) is 0.273. The highest BCUT2D eigenvalue weighted by Gasteiger charge is 2.26. The molecule has 0 atom stereocenters. The van der Waals surface area contributed by atoms with E-state index < -0.39 is 5.97 Å². The first-order valence-electron chi connectivity index (χ1n) is 5.36. The first-order valence-corrected chi connectivity index (χ1v) is 5.36. The molecular formula is C11H10N4O2. The Kier molecular flexibility index (Phi) is 2.14. The third kappa shape index (κ3) is 1.77. The molecule has 2 aromatic heterocycles. The topological polar surface area (TPSA) is 80.9 Å². The van der Waals surface area contributed by atoms with E-state index in [1.54, 1.807) is 6.20 Å². The van der Waals surface area contributed by atoms with Crippen molar-refractivity contribution in [2.24, 2.45) is 0 Å². The Bertz CT molecular complexity index is 574. The van der Waals surface area contributed by atoms with E-state index in [0.29, 0.717) is 5.92 Å². The van der Waals surface area contributed by atoms with Gasteiger partial charge in [-0.05, 0) is 18.9 Å². The average Bonchev–Trinajstić information content (AvgIpc) is 3.07. The van der Waals surface area contributed by atoms with Crippen molar-refractivity contribution in [1.82, 2.24) is 19.7 Å². The summed E-state index contributed by atoms with van der Waals surface area (Å²) in [5, 5.41) is 13.3. The van der Waals surface area contributed by atoms with Crippen LogP contribution in [0.4, 0.5) is 0 Å². The van der Waals surface area contributed by atoms with Gasteiger partial charge in [0.25, 0.3) is 0 Å². The summed E-state index contributed by atoms with van der Waals surface area (Å²) in [5.74, 6) is -0.315. The lowest BCUT2D eigenvalue weighted by Crippen LogP contribution is -2.10. The fourth-order valence-electron chi connectivity index (χ4n) is 1.70. The summed E-state index contributed by atoms with van der Waals surface area (Å²) in [7, 11) is 0. The van der Waals surface area contributed by atoms with Crippen LogP contribution in [0.15, 0.2) is 24.7 Å². The molecule has 6 heteroatoms. The Balaban J connectivity index is 2.04. The van der Waals surface area contributed by atoms with Crippen LogP contribution >= 0.6 is 0 Å². The Hall–Kier alpha value is -2.24. The molecule has 0 aliphatic heterocycles. The van der Waals surface area contributed by atoms with Crippen LogP contribution < -0.4 is 0 Å². The van der Waals surface area contributed by atoms with Gasteiger partial charge in [0.05, 0.1) is 5.69 Å². The molecule has 17 heavy (non-hydrogen) atoms. The number of hydrogen-bond donors (Lipinski definition) is 1. The average molecular weight is 230 g/mol. The molecule has 0 aromatic carbocycles. The van der Waals surface area contributed by atoms with E-state index in [4.69, 9.17) is 5.11 Å². The number of carboxylic acids is 1. The van der Waals surface area contributed by atoms with Crippen molar-refractivity contribution in [3.63, 3.8) is 0 Å². The molecule has 0 spiro atoms. The Labute approximate surface area is 96.9 Å². The standard InChI is InChI=1S/C11H10N4O2/c16-11(17)9-10(13-5-4-12-9)15-6-3-8(14-15)7-1-2-7/h3-7H,1-2H2,(H,16,17). The van der Waals surface area contributed by atoms with Crippen LogP contribution in [0, 0.1) is 0 Å². The molecule has 1 aliphatic carbocycles. The Morgan fingerprint density at radius 3 is 2.82 bits per heavy atom. The van der Waals surface area contributed by atoms with Crippen LogP contribution in [0.3, 0.4) is 0 Å². The van der Waals surface area contributed by atoms with Gasteiger partial charge in [-0.3, -0.25) is 0 Å². The third-order valence-corrected chi connectivity index (χ3v) is 2.70. The Morgan fingerprint density at radius 1 is 1.35 bits per heavy atom. The zero-order valence-corrected chi connectivity index (χ0v) is 8.95. The number of aromatic nitrogens is 4. The van der Waals surface area contributed by atoms with Crippen LogP contribution in [-0.2, 0) is 0 Å². The van der Waals surface area contributed by atoms with Crippen molar-refractivity contribution in [3.05, 3.63) is 36.0 Å². The molecule has 2 aromatic rings. The van der Waals surface area contributed by atoms with Crippen LogP contribution in [-0.4, -0.2) is 30.8 Å². The predicted molar refractivity (Wildman–Crippen MR) is 58.1 cm³/mol. The number of rotatable bonds is 3. The minimum absolute atomic E-state index is 0.0852. The monoisotopic (exact) mass is 230 g/mol. The van der Waals surface area contributed by atoms with Crippen molar-refractivity contribution in [2.45, 2.75) is 18.8 Å². The van der Waals surface area contributed by atoms with Crippen molar-refractivity contribution in [3.8, 4) is 5.82 Å². The van der Waals surface area contributed by atoms with Crippen molar-refractivity contribution >= 4 is 5.97 Å². The van der Waals surface area contributed by atoms with Gasteiger partial charge >= 0.3 is 5.97 Å². The van der Waals surface area contributed by atoms with E-state index in [0.717, 1.165) is 18.5 Å². The number of carboxylic acid groups (broad SMARTS) is 1. The van der Waals surface area contributed by atoms with E-state index in [9.17, 15) is 4.79 Å². The molecule has 0 amide bonds. The van der Waals surface area contributed by atoms with Gasteiger partial charge in [0.1, 0.15) is 0 Å². The quantitative estimate of drug-likeness (QED) is 0.857. The van der Waals surface area contributed by atoms with Gasteiger partial charge < -0.3 is 5.11 Å². The molecule has 2 heterocycles. The van der Waals surface area contributed by atoms with Gasteiger partial charge in [-0.25, -0.2) is 19.4 Å². The predicted octanol–water partition coefficient (Wildman–Crippen LogP) is 1.24. The highest BCUT2D eigenvalue weighted by Crippen LogP contribution is 2.38. The molecule has 1 aliphatic rings. The third-order valence-electron chi connectivity index (χ3n) is 2.70. The lowest BCUT2D eigenvalue weighted by molar-refractivity contribution is 0.0689. The van der Waals surface area contributed by atoms with Gasteiger partial charge in [-0.1, -0.05) is 0 Å². The fourth-order valence-corrected chi connectivity index (χ4v) is 1.70. The summed E-state index contributed by atoms with van der Waals surface area (Å²) in [5.41, 5.74) is 0.907. The molecule has 0 saturated heterocycles. The number of hydrogen-bond acceptors (Lipinski definition) is 4. The number of carbonyl (C=O) groups is 1. The first-order chi connectivity index (χ1) is 8.25. The van der Waals surface area contributed by atoms with Crippen molar-refractivity contribution in [2.75, 3.05) is 0 Å². The number of nitrogens with zero attached hydrogens (tertiary/aromatic N) is 4. The van der Waals surface area contributed by atoms with Gasteiger partial charge in [0, 0.05) is 24.5 Å². The van der Waals surface area contributed by atoms with Crippen molar-refractivity contribution in [1.29, 1.82) is 0 Å². The lowest BCUT2D eigenvalue weighted by atomic mass is 10.3. The maximum Gasteiger partial charge on any atom is 0.358 e. The molecule has 6 nitrogen and oxygen atoms in total. The van der Waals surface area contributed by atoms with Gasteiger partial charge in [0.2, 0.25) is 0 Å². The van der Waals surface area contributed by atoms with Gasteiger partial charge in [-0.15, -0.1) is 0 Å². The largest absolute Gasteiger partial charge is 0.476 e. The van der Waals surface area contributed by atoms with E-state index >= 15 is 0 Å². The molecule has 3 rings (SSSR count). The van der Waals surface area contributed by atoms with Crippen molar-refractivity contribution < 1.29 is 9.90 Å². The summed E-state index contributed by atoms with van der Waals surface area (Å²) < 4.78 is 1.48. The molecule has 0 unspecified atom stereocenters. The highest BCUT2D eigenvalue weighted by molar-refractivity contribution is 5.88. The molecule has 1 saturated carbocycles. The normalized spacial score (nSPS) is 14.8. The first kappa shape index (κ1) is 9.95. The van der Waals surface area contributed by atoms with Crippen LogP contribution in [0.1, 0.15) is 34.9 Å². The van der Waals surface area contributed by atoms with E-state index in [-0.39, 0.29) is 11.5 Å². The van der Waals surface area contributed by atoms with Gasteiger partial charge in [0.15, 0.2) is 11.5 Å². The minimum atomic E-state index is -1.10. The lowest BCUT2D eigenvalue weighted by Gasteiger charge is -2.02. The second-order valence-electron chi connectivity index (χ2n) is 3.99. The smallest absolute Gasteiger partial charge is 0.358 e. The second-order valence-corrected chi connectivity index (χ2v) is 3.99. The van der Waals surface area contributed by atoms with Crippen LogP contribution in [0.2, 0.25) is 0 Å². The van der Waals surface area contributed by atoms with Gasteiger partial charge in [-0.2, -0.15) is 5.10 Å². The summed E-state index contributed by atoms with van der Waals surface area (Å²) >= 11 is 0. The maximum atomic E-state index is 11.0. The molecule has 0 bridgehead atoms. The van der Waals surface area contributed by atoms with E-state index in [1.165, 1.54) is 17.1 Å². The highest BCUT2D eigenvalue weighted by atomic mass is 16.4. The maximum absolute atomic E-state index is 11.0. The van der Waals surface area contributed by atoms with E-state index in [1.807, 2.05) is 6.07 Å². The number of aromatic carboxylic acids is 1. The van der Waals surface area contributed by atoms with E-state index in [2.05, 4.69) is 15.1 Å². The summed E-state index contributed by atoms with van der Waals surface area (Å²) in [6.07, 6.45) is 6.86.